The Bertz CT molecular complexity index is 415. The number of anilines is 1. The van der Waals surface area contributed by atoms with Crippen molar-refractivity contribution in [3.05, 3.63) is 29.3 Å². The van der Waals surface area contributed by atoms with Gasteiger partial charge in [-0.15, -0.1) is 0 Å². The van der Waals surface area contributed by atoms with E-state index in [9.17, 15) is 8.78 Å². The van der Waals surface area contributed by atoms with Gasteiger partial charge in [-0.1, -0.05) is 0 Å². The SMILES string of the molecule is COC1CCC(Nc2cc(F)c(C)cc2F)CC1. The Kier molecular flexibility index (Phi) is 4.17. The molecule has 0 spiro atoms. The fraction of sp³-hybridized carbons (Fsp3) is 0.571. The quantitative estimate of drug-likeness (QED) is 0.890. The van der Waals surface area contributed by atoms with Gasteiger partial charge in [-0.3, -0.25) is 0 Å². The first-order valence-corrected chi connectivity index (χ1v) is 6.35. The van der Waals surface area contributed by atoms with Gasteiger partial charge in [0.1, 0.15) is 11.6 Å². The molecule has 0 unspecified atom stereocenters. The summed E-state index contributed by atoms with van der Waals surface area (Å²) in [5.41, 5.74) is 0.597. The third-order valence-electron chi connectivity index (χ3n) is 3.62. The van der Waals surface area contributed by atoms with Crippen molar-refractivity contribution in [3.8, 4) is 0 Å². The molecule has 0 aromatic heterocycles. The Morgan fingerprint density at radius 3 is 2.39 bits per heavy atom. The molecule has 1 aliphatic carbocycles. The standard InChI is InChI=1S/C14H19F2NO/c1-9-7-13(16)14(8-12(9)15)17-10-3-5-11(18-2)6-4-10/h7-8,10-11,17H,3-6H2,1-2H3. The zero-order valence-electron chi connectivity index (χ0n) is 10.8. The smallest absolute Gasteiger partial charge is 0.146 e. The monoisotopic (exact) mass is 255 g/mol. The van der Waals surface area contributed by atoms with Crippen LogP contribution < -0.4 is 5.32 Å². The number of methoxy groups -OCH3 is 1. The molecule has 4 heteroatoms. The maximum absolute atomic E-state index is 13.7. The van der Waals surface area contributed by atoms with E-state index in [1.807, 2.05) is 0 Å². The lowest BCUT2D eigenvalue weighted by Crippen LogP contribution is -2.29. The van der Waals surface area contributed by atoms with E-state index in [0.717, 1.165) is 25.7 Å². The number of rotatable bonds is 3. The van der Waals surface area contributed by atoms with Crippen LogP contribution in [-0.2, 0) is 4.74 Å². The van der Waals surface area contributed by atoms with Crippen molar-refractivity contribution < 1.29 is 13.5 Å². The van der Waals surface area contributed by atoms with Gasteiger partial charge < -0.3 is 10.1 Å². The van der Waals surface area contributed by atoms with Gasteiger partial charge >= 0.3 is 0 Å². The highest BCUT2D eigenvalue weighted by Gasteiger charge is 2.21. The number of hydrogen-bond acceptors (Lipinski definition) is 2. The van der Waals surface area contributed by atoms with Crippen LogP contribution in [0.25, 0.3) is 0 Å². The molecule has 2 nitrogen and oxygen atoms in total. The minimum atomic E-state index is -0.386. The number of nitrogens with one attached hydrogen (secondary N) is 1. The predicted octanol–water partition coefficient (Wildman–Crippen LogP) is 3.64. The van der Waals surface area contributed by atoms with Crippen LogP contribution in [0.15, 0.2) is 12.1 Å². The Balaban J connectivity index is 2.00. The van der Waals surface area contributed by atoms with Crippen molar-refractivity contribution in [1.29, 1.82) is 0 Å². The molecule has 1 aromatic rings. The molecule has 0 heterocycles. The van der Waals surface area contributed by atoms with Crippen LogP contribution in [0.4, 0.5) is 14.5 Å². The molecule has 0 saturated heterocycles. The van der Waals surface area contributed by atoms with Crippen molar-refractivity contribution in [3.63, 3.8) is 0 Å². The Morgan fingerprint density at radius 1 is 1.11 bits per heavy atom. The molecule has 0 aliphatic heterocycles. The van der Waals surface area contributed by atoms with Crippen LogP contribution in [0.2, 0.25) is 0 Å². The molecule has 1 aliphatic rings. The summed E-state index contributed by atoms with van der Waals surface area (Å²) in [6, 6.07) is 2.68. The molecule has 1 fully saturated rings. The van der Waals surface area contributed by atoms with Gasteiger partial charge in [0.15, 0.2) is 0 Å². The van der Waals surface area contributed by atoms with Crippen LogP contribution in [0, 0.1) is 18.6 Å². The van der Waals surface area contributed by atoms with Gasteiger partial charge in [-0.2, -0.15) is 0 Å². The Labute approximate surface area is 106 Å². The van der Waals surface area contributed by atoms with E-state index < -0.39 is 0 Å². The van der Waals surface area contributed by atoms with E-state index in [1.165, 1.54) is 12.1 Å². The van der Waals surface area contributed by atoms with E-state index in [-0.39, 0.29) is 23.4 Å². The van der Waals surface area contributed by atoms with Crippen molar-refractivity contribution in [2.45, 2.75) is 44.8 Å². The van der Waals surface area contributed by atoms with Gasteiger partial charge in [0.25, 0.3) is 0 Å². The molecule has 2 rings (SSSR count). The molecule has 100 valence electrons. The number of halogens is 2. The summed E-state index contributed by atoms with van der Waals surface area (Å²) in [5.74, 6) is -0.757. The van der Waals surface area contributed by atoms with Crippen LogP contribution >= 0.6 is 0 Å². The average molecular weight is 255 g/mol. The van der Waals surface area contributed by atoms with Crippen LogP contribution in [0.3, 0.4) is 0 Å². The Morgan fingerprint density at radius 2 is 1.78 bits per heavy atom. The summed E-state index contributed by atoms with van der Waals surface area (Å²) in [6.45, 7) is 1.56. The minimum absolute atomic E-state index is 0.202. The van der Waals surface area contributed by atoms with Gasteiger partial charge in [-0.05, 0) is 44.2 Å². The molecular formula is C14H19F2NO. The maximum Gasteiger partial charge on any atom is 0.146 e. The summed E-state index contributed by atoms with van der Waals surface area (Å²) < 4.78 is 32.4. The predicted molar refractivity (Wildman–Crippen MR) is 67.8 cm³/mol. The second kappa shape index (κ2) is 5.65. The van der Waals surface area contributed by atoms with E-state index >= 15 is 0 Å². The topological polar surface area (TPSA) is 21.3 Å². The summed E-state index contributed by atoms with van der Waals surface area (Å²) in [6.07, 6.45) is 4.08. The maximum atomic E-state index is 13.7. The highest BCUT2D eigenvalue weighted by molar-refractivity contribution is 5.47. The molecule has 18 heavy (non-hydrogen) atoms. The number of hydrogen-bond donors (Lipinski definition) is 1. The molecule has 0 amide bonds. The third-order valence-corrected chi connectivity index (χ3v) is 3.62. The first-order valence-electron chi connectivity index (χ1n) is 6.35. The highest BCUT2D eigenvalue weighted by Crippen LogP contribution is 2.26. The van der Waals surface area contributed by atoms with Gasteiger partial charge in [0.2, 0.25) is 0 Å². The molecule has 0 bridgehead atoms. The first kappa shape index (κ1) is 13.3. The van der Waals surface area contributed by atoms with E-state index in [4.69, 9.17) is 4.74 Å². The minimum Gasteiger partial charge on any atom is -0.381 e. The molecule has 1 saturated carbocycles. The van der Waals surface area contributed by atoms with Gasteiger partial charge in [0.05, 0.1) is 11.8 Å². The van der Waals surface area contributed by atoms with Crippen LogP contribution in [0.1, 0.15) is 31.2 Å². The van der Waals surface area contributed by atoms with Crippen molar-refractivity contribution in [1.82, 2.24) is 0 Å². The first-order chi connectivity index (χ1) is 8.60. The third kappa shape index (κ3) is 2.99. The lowest BCUT2D eigenvalue weighted by Gasteiger charge is -2.29. The van der Waals surface area contributed by atoms with Crippen LogP contribution in [-0.4, -0.2) is 19.3 Å². The number of benzene rings is 1. The van der Waals surface area contributed by atoms with Gasteiger partial charge in [-0.25, -0.2) is 8.78 Å². The van der Waals surface area contributed by atoms with Crippen molar-refractivity contribution in [2.24, 2.45) is 0 Å². The molecule has 1 aromatic carbocycles. The molecule has 1 N–H and O–H groups in total. The van der Waals surface area contributed by atoms with E-state index in [2.05, 4.69) is 5.32 Å². The van der Waals surface area contributed by atoms with Crippen molar-refractivity contribution >= 4 is 5.69 Å². The molecule has 0 radical (unpaired) electrons. The summed E-state index contributed by atoms with van der Waals surface area (Å²) in [5, 5.41) is 3.09. The highest BCUT2D eigenvalue weighted by atomic mass is 19.1. The number of aryl methyl sites for hydroxylation is 1. The van der Waals surface area contributed by atoms with E-state index in [0.29, 0.717) is 11.7 Å². The van der Waals surface area contributed by atoms with Gasteiger partial charge in [0, 0.05) is 19.2 Å². The zero-order chi connectivity index (χ0) is 13.1. The van der Waals surface area contributed by atoms with Crippen molar-refractivity contribution in [2.75, 3.05) is 12.4 Å². The second-order valence-corrected chi connectivity index (χ2v) is 4.93. The van der Waals surface area contributed by atoms with E-state index in [1.54, 1.807) is 14.0 Å². The normalized spacial score (nSPS) is 24.0. The lowest BCUT2D eigenvalue weighted by molar-refractivity contribution is 0.0681. The summed E-state index contributed by atoms with van der Waals surface area (Å²) in [7, 11) is 1.72. The number of ether oxygens (including phenoxy) is 1. The summed E-state index contributed by atoms with van der Waals surface area (Å²) >= 11 is 0. The average Bonchev–Trinajstić information content (AvgIpc) is 2.37. The molecule has 0 atom stereocenters. The largest absolute Gasteiger partial charge is 0.381 e. The fourth-order valence-corrected chi connectivity index (χ4v) is 2.42. The zero-order valence-corrected chi connectivity index (χ0v) is 10.8. The molecular weight excluding hydrogens is 236 g/mol. The lowest BCUT2D eigenvalue weighted by atomic mass is 9.93. The van der Waals surface area contributed by atoms with Crippen LogP contribution in [0.5, 0.6) is 0 Å². The fourth-order valence-electron chi connectivity index (χ4n) is 2.42. The second-order valence-electron chi connectivity index (χ2n) is 4.93. The summed E-state index contributed by atoms with van der Waals surface area (Å²) in [4.78, 5) is 0. The Hall–Kier alpha value is -1.16.